The van der Waals surface area contributed by atoms with Crippen molar-refractivity contribution in [1.29, 1.82) is 0 Å². The van der Waals surface area contributed by atoms with Crippen molar-refractivity contribution in [3.05, 3.63) is 0 Å². The van der Waals surface area contributed by atoms with Gasteiger partial charge in [-0.25, -0.2) is 0 Å². The highest BCUT2D eigenvalue weighted by Crippen LogP contribution is 2.34. The van der Waals surface area contributed by atoms with Crippen molar-refractivity contribution in [1.82, 2.24) is 0 Å². The van der Waals surface area contributed by atoms with Crippen molar-refractivity contribution < 1.29 is 5.11 Å². The summed E-state index contributed by atoms with van der Waals surface area (Å²) in [6.07, 6.45) is 0.932. The zero-order valence-corrected chi connectivity index (χ0v) is 8.52. The molecule has 0 aromatic carbocycles. The molecule has 1 atom stereocenters. The molecule has 0 aliphatic heterocycles. The van der Waals surface area contributed by atoms with Crippen LogP contribution in [0.4, 0.5) is 0 Å². The molecule has 0 saturated carbocycles. The van der Waals surface area contributed by atoms with Gasteiger partial charge < -0.3 is 5.11 Å². The Hall–Kier alpha value is -0.0400. The summed E-state index contributed by atoms with van der Waals surface area (Å²) in [6, 6.07) is 0. The molecule has 0 unspecified atom stereocenters. The van der Waals surface area contributed by atoms with Crippen LogP contribution >= 0.6 is 0 Å². The normalized spacial score (nSPS) is 15.5. The smallest absolute Gasteiger partial charge is 0.0433 e. The molecule has 0 bridgehead atoms. The van der Waals surface area contributed by atoms with E-state index in [1.54, 1.807) is 0 Å². The second kappa shape index (κ2) is 4.10. The Morgan fingerprint density at radius 3 is 1.73 bits per heavy atom. The highest BCUT2D eigenvalue weighted by Gasteiger charge is 2.26. The van der Waals surface area contributed by atoms with Crippen LogP contribution in [0.3, 0.4) is 0 Å². The maximum absolute atomic E-state index is 8.85. The van der Waals surface area contributed by atoms with Crippen LogP contribution in [-0.2, 0) is 0 Å². The fourth-order valence-electron chi connectivity index (χ4n) is 1.91. The Kier molecular flexibility index (Phi) is 4.09. The summed E-state index contributed by atoms with van der Waals surface area (Å²) in [5, 5.41) is 8.85. The van der Waals surface area contributed by atoms with Crippen LogP contribution in [0, 0.1) is 17.3 Å². The topological polar surface area (TPSA) is 20.2 Å². The highest BCUT2D eigenvalue weighted by molar-refractivity contribution is 4.76. The molecule has 1 heteroatoms. The van der Waals surface area contributed by atoms with E-state index in [0.29, 0.717) is 23.9 Å². The van der Waals surface area contributed by atoms with Crippen molar-refractivity contribution in [2.24, 2.45) is 17.3 Å². The molecule has 0 spiro atoms. The van der Waals surface area contributed by atoms with Crippen LogP contribution in [-0.4, -0.2) is 11.7 Å². The third-order valence-corrected chi connectivity index (χ3v) is 2.36. The van der Waals surface area contributed by atoms with Gasteiger partial charge in [-0.1, -0.05) is 34.6 Å². The first-order valence-corrected chi connectivity index (χ1v) is 4.50. The molecule has 68 valence electrons. The van der Waals surface area contributed by atoms with Gasteiger partial charge in [-0.2, -0.15) is 0 Å². The lowest BCUT2D eigenvalue weighted by Crippen LogP contribution is -2.26. The summed E-state index contributed by atoms with van der Waals surface area (Å²) in [5.41, 5.74) is 0.330. The first-order chi connectivity index (χ1) is 4.89. The largest absolute Gasteiger partial charge is 0.396 e. The lowest BCUT2D eigenvalue weighted by Gasteiger charge is -2.33. The average Bonchev–Trinajstić information content (AvgIpc) is 1.79. The van der Waals surface area contributed by atoms with Gasteiger partial charge in [-0.3, -0.25) is 0 Å². The second-order valence-corrected chi connectivity index (χ2v) is 4.73. The third-order valence-electron chi connectivity index (χ3n) is 2.36. The van der Waals surface area contributed by atoms with Crippen LogP contribution in [0.1, 0.15) is 41.0 Å². The van der Waals surface area contributed by atoms with Crippen molar-refractivity contribution in [3.63, 3.8) is 0 Å². The lowest BCUT2D eigenvalue weighted by atomic mass is 9.73. The van der Waals surface area contributed by atoms with Gasteiger partial charge in [-0.05, 0) is 23.7 Å². The van der Waals surface area contributed by atoms with E-state index in [1.165, 1.54) is 0 Å². The van der Waals surface area contributed by atoms with Crippen molar-refractivity contribution >= 4 is 0 Å². The number of rotatable bonds is 3. The molecule has 0 aliphatic rings. The van der Waals surface area contributed by atoms with Crippen molar-refractivity contribution in [2.75, 3.05) is 6.61 Å². The highest BCUT2D eigenvalue weighted by atomic mass is 16.3. The van der Waals surface area contributed by atoms with E-state index in [4.69, 9.17) is 5.11 Å². The Labute approximate surface area is 70.8 Å². The molecule has 0 amide bonds. The molecule has 0 aromatic heterocycles. The minimum atomic E-state index is 0.320. The number of aliphatic hydroxyl groups is 1. The van der Waals surface area contributed by atoms with E-state index in [-0.39, 0.29) is 0 Å². The van der Waals surface area contributed by atoms with Gasteiger partial charge in [0.2, 0.25) is 0 Å². The molecule has 1 nitrogen and oxygen atoms in total. The fraction of sp³-hybridized carbons (Fsp3) is 1.00. The predicted molar refractivity (Wildman–Crippen MR) is 49.5 cm³/mol. The minimum absolute atomic E-state index is 0.320. The summed E-state index contributed by atoms with van der Waals surface area (Å²) < 4.78 is 0. The molecule has 0 aromatic rings. The summed E-state index contributed by atoms with van der Waals surface area (Å²) in [4.78, 5) is 0. The molecule has 11 heavy (non-hydrogen) atoms. The van der Waals surface area contributed by atoms with Crippen molar-refractivity contribution in [3.8, 4) is 0 Å². The second-order valence-electron chi connectivity index (χ2n) is 4.73. The van der Waals surface area contributed by atoms with Crippen molar-refractivity contribution in [2.45, 2.75) is 41.0 Å². The van der Waals surface area contributed by atoms with Crippen LogP contribution in [0.25, 0.3) is 0 Å². The monoisotopic (exact) mass is 158 g/mol. The quantitative estimate of drug-likeness (QED) is 0.669. The van der Waals surface area contributed by atoms with Gasteiger partial charge in [0.15, 0.2) is 0 Å². The Morgan fingerprint density at radius 1 is 1.18 bits per heavy atom. The van der Waals surface area contributed by atoms with Crippen LogP contribution in [0.5, 0.6) is 0 Å². The Morgan fingerprint density at radius 2 is 1.64 bits per heavy atom. The maximum Gasteiger partial charge on any atom is 0.0433 e. The van der Waals surface area contributed by atoms with E-state index < -0.39 is 0 Å². The minimum Gasteiger partial charge on any atom is -0.396 e. The molecular weight excluding hydrogens is 136 g/mol. The third kappa shape index (κ3) is 3.76. The summed E-state index contributed by atoms with van der Waals surface area (Å²) in [6.45, 7) is 11.5. The van der Waals surface area contributed by atoms with Gasteiger partial charge in [0.1, 0.15) is 0 Å². The summed E-state index contributed by atoms with van der Waals surface area (Å²) >= 11 is 0. The van der Waals surface area contributed by atoms with Crippen LogP contribution in [0.2, 0.25) is 0 Å². The van der Waals surface area contributed by atoms with E-state index in [9.17, 15) is 0 Å². The molecule has 0 heterocycles. The van der Waals surface area contributed by atoms with Gasteiger partial charge in [0.25, 0.3) is 0 Å². The SMILES string of the molecule is CC(C)[C@H](CCO)C(C)(C)C. The zero-order valence-electron chi connectivity index (χ0n) is 8.52. The van der Waals surface area contributed by atoms with E-state index in [0.717, 1.165) is 6.42 Å². The van der Waals surface area contributed by atoms with E-state index >= 15 is 0 Å². The van der Waals surface area contributed by atoms with Gasteiger partial charge in [0.05, 0.1) is 0 Å². The molecule has 0 saturated heterocycles. The Bertz CT molecular complexity index is 99.9. The lowest BCUT2D eigenvalue weighted by molar-refractivity contribution is 0.131. The molecule has 0 aliphatic carbocycles. The first-order valence-electron chi connectivity index (χ1n) is 4.50. The van der Waals surface area contributed by atoms with E-state index in [2.05, 4.69) is 34.6 Å². The van der Waals surface area contributed by atoms with Gasteiger partial charge >= 0.3 is 0 Å². The average molecular weight is 158 g/mol. The maximum atomic E-state index is 8.85. The fourth-order valence-corrected chi connectivity index (χ4v) is 1.91. The first kappa shape index (κ1) is 11.0. The molecule has 1 N–H and O–H groups in total. The number of aliphatic hydroxyl groups excluding tert-OH is 1. The number of hydrogen-bond acceptors (Lipinski definition) is 1. The molecule has 0 rings (SSSR count). The molecular formula is C10H22O. The predicted octanol–water partition coefficient (Wildman–Crippen LogP) is 2.69. The molecule has 0 radical (unpaired) electrons. The van der Waals surface area contributed by atoms with Gasteiger partial charge in [0, 0.05) is 6.61 Å². The number of hydrogen-bond donors (Lipinski definition) is 1. The van der Waals surface area contributed by atoms with Crippen LogP contribution < -0.4 is 0 Å². The van der Waals surface area contributed by atoms with E-state index in [1.807, 2.05) is 0 Å². The van der Waals surface area contributed by atoms with Gasteiger partial charge in [-0.15, -0.1) is 0 Å². The zero-order chi connectivity index (χ0) is 9.07. The standard InChI is InChI=1S/C10H22O/c1-8(2)9(6-7-11)10(3,4)5/h8-9,11H,6-7H2,1-5H3/t9-/m0/s1. The molecule has 0 fully saturated rings. The summed E-state index contributed by atoms with van der Waals surface area (Å²) in [5.74, 6) is 1.30. The Balaban J connectivity index is 4.10. The van der Waals surface area contributed by atoms with Crippen LogP contribution in [0.15, 0.2) is 0 Å². The summed E-state index contributed by atoms with van der Waals surface area (Å²) in [7, 11) is 0.